The van der Waals surface area contributed by atoms with Gasteiger partial charge in [-0.2, -0.15) is 0 Å². The molecule has 5 saturated heterocycles. The molecule has 141 heavy (non-hydrogen) atoms. The van der Waals surface area contributed by atoms with Crippen molar-refractivity contribution in [3.63, 3.8) is 0 Å². The van der Waals surface area contributed by atoms with Crippen molar-refractivity contribution < 1.29 is 111 Å². The summed E-state index contributed by atoms with van der Waals surface area (Å²) < 4.78 is 43.4. The van der Waals surface area contributed by atoms with Gasteiger partial charge in [0.25, 0.3) is 0 Å². The van der Waals surface area contributed by atoms with Crippen LogP contribution in [0.4, 0.5) is 9.59 Å². The van der Waals surface area contributed by atoms with Crippen LogP contribution in [0.2, 0.25) is 0 Å². The minimum Gasteiger partial charge on any atom is -0.491 e. The van der Waals surface area contributed by atoms with Gasteiger partial charge in [0.15, 0.2) is 6.29 Å². The predicted molar refractivity (Wildman–Crippen MR) is 514 cm³/mol. The molecule has 31 nitrogen and oxygen atoms in total. The number of aryl methyl sites for hydroxylation is 1. The second-order valence-corrected chi connectivity index (χ2v) is 40.4. The SMILES string of the molecule is Cc1cccc(OCC(CNC(=O)OC(C)(C)C)N2C(=O)C3Cc4cccc(OCC(CNC(=O)Cc5ccc6ccc7cccc8ccc5c6c78)N5C(=O)C6Cc7cccc(OCC(CNC(=O)OC(C)(C)C)N8C(=O)C9Cc%10cccc(OCC(CNC(=O)Cc%11ccc%12ccc%13cccc%14ccc%11c%12c%13%14)N%11C(=O)[C@@H]%12[C@H](C%11=O)[C@H]%11C=C[C@@H]%12O%11)c%10C(O)C9C8=O)c7C(O)C6C5=O)c4C(O)C3C2=O)c1C=O. The molecular formula is C110H104N8O23. The van der Waals surface area contributed by atoms with Gasteiger partial charge in [-0.1, -0.05) is 170 Å². The Kier molecular flexibility index (Phi) is 23.7. The normalized spacial score (nSPS) is 23.5. The zero-order valence-electron chi connectivity index (χ0n) is 78.4. The molecule has 21 rings (SSSR count). The minimum atomic E-state index is -1.79. The van der Waals surface area contributed by atoms with Gasteiger partial charge in [-0.15, -0.1) is 0 Å². The quantitative estimate of drug-likeness (QED) is 0.00991. The lowest BCUT2D eigenvalue weighted by molar-refractivity contribution is -0.147. The molecule has 5 fully saturated rings. The summed E-state index contributed by atoms with van der Waals surface area (Å²) >= 11 is 0. The van der Waals surface area contributed by atoms with E-state index in [9.17, 15) is 53.7 Å². The lowest BCUT2D eigenvalue weighted by Gasteiger charge is -2.32. The van der Waals surface area contributed by atoms with Crippen LogP contribution in [0.25, 0.3) is 64.6 Å². The average Bonchev–Trinajstić information content (AvgIpc) is 1.56. The van der Waals surface area contributed by atoms with Gasteiger partial charge in [0.05, 0.1) is 120 Å². The number of rotatable bonds is 29. The molecule has 0 aromatic heterocycles. The van der Waals surface area contributed by atoms with Crippen molar-refractivity contribution in [1.29, 1.82) is 0 Å². The first kappa shape index (κ1) is 92.6. The molecule has 3 aliphatic carbocycles. The highest BCUT2D eigenvalue weighted by Crippen LogP contribution is 2.54. The molecule has 7 N–H and O–H groups in total. The first-order valence-corrected chi connectivity index (χ1v) is 47.8. The lowest BCUT2D eigenvalue weighted by Crippen LogP contribution is -2.51. The largest absolute Gasteiger partial charge is 0.491 e. The van der Waals surface area contributed by atoms with Crippen LogP contribution >= 0.6 is 0 Å². The number of hydrogen-bond acceptors (Lipinski definition) is 23. The van der Waals surface area contributed by atoms with E-state index in [0.717, 1.165) is 89.8 Å². The fourth-order valence-electron chi connectivity index (χ4n) is 23.2. The number of fused-ring (bicyclic) bond motifs is 11. The van der Waals surface area contributed by atoms with E-state index < -0.39 is 211 Å². The Bertz CT molecular complexity index is 7200. The molecule has 0 saturated carbocycles. The summed E-state index contributed by atoms with van der Waals surface area (Å²) in [6.45, 7) is 8.26. The Morgan fingerprint density at radius 2 is 0.674 bits per heavy atom. The molecule has 12 aromatic rings. The fourth-order valence-corrected chi connectivity index (χ4v) is 23.2. The summed E-state index contributed by atoms with van der Waals surface area (Å²) in [4.78, 5) is 194. The van der Waals surface area contributed by atoms with Crippen LogP contribution in [0.15, 0.2) is 194 Å². The maximum Gasteiger partial charge on any atom is 0.407 e. The number of nitrogens with one attached hydrogen (secondary N) is 4. The first-order valence-electron chi connectivity index (χ1n) is 47.8. The number of alkyl carbamates (subject to hydrolysis) is 2. The van der Waals surface area contributed by atoms with Crippen LogP contribution in [-0.2, 0) is 94.3 Å². The molecule has 31 heteroatoms. The second-order valence-electron chi connectivity index (χ2n) is 40.4. The van der Waals surface area contributed by atoms with E-state index in [2.05, 4.69) is 33.4 Å². The highest BCUT2D eigenvalue weighted by molar-refractivity contribution is 6.25. The van der Waals surface area contributed by atoms with Crippen molar-refractivity contribution in [2.75, 3.05) is 52.6 Å². The third-order valence-corrected chi connectivity index (χ3v) is 29.5. The number of ether oxygens (including phenoxy) is 7. The lowest BCUT2D eigenvalue weighted by atomic mass is 9.75. The van der Waals surface area contributed by atoms with Crippen molar-refractivity contribution in [3.8, 4) is 23.0 Å². The summed E-state index contributed by atoms with van der Waals surface area (Å²) in [7, 11) is 0. The number of amides is 12. The molecule has 9 aliphatic rings. The van der Waals surface area contributed by atoms with E-state index in [1.807, 2.05) is 97.1 Å². The zero-order chi connectivity index (χ0) is 98.4. The molecule has 17 atom stereocenters. The summed E-state index contributed by atoms with van der Waals surface area (Å²) in [5.41, 5.74) is 1.94. The number of benzene rings is 12. The van der Waals surface area contributed by atoms with Crippen LogP contribution in [0.1, 0.15) is 120 Å². The highest BCUT2D eigenvalue weighted by Gasteiger charge is 2.64. The van der Waals surface area contributed by atoms with Crippen molar-refractivity contribution in [2.24, 2.45) is 47.3 Å². The Morgan fingerprint density at radius 3 is 1.03 bits per heavy atom. The van der Waals surface area contributed by atoms with E-state index in [4.69, 9.17) is 33.2 Å². The summed E-state index contributed by atoms with van der Waals surface area (Å²) in [5, 5.41) is 61.9. The molecule has 12 amide bonds. The monoisotopic (exact) mass is 1900 g/mol. The van der Waals surface area contributed by atoms with Gasteiger partial charge in [-0.3, -0.25) is 72.3 Å². The fraction of sp³-hybridized carbons (Fsp3) is 0.355. The molecule has 12 aromatic carbocycles. The number of aliphatic hydroxyl groups is 3. The molecule has 6 heterocycles. The second kappa shape index (κ2) is 36.1. The summed E-state index contributed by atoms with van der Waals surface area (Å²) in [6, 6.07) is 50.4. The van der Waals surface area contributed by atoms with Crippen LogP contribution in [0.3, 0.4) is 0 Å². The van der Waals surface area contributed by atoms with Crippen molar-refractivity contribution in [2.45, 2.75) is 146 Å². The molecule has 722 valence electrons. The summed E-state index contributed by atoms with van der Waals surface area (Å²) in [5.74, 6) is -15.8. The average molecular weight is 1910 g/mol. The first-order chi connectivity index (χ1) is 67.8. The van der Waals surface area contributed by atoms with Gasteiger partial charge in [0.2, 0.25) is 59.1 Å². The van der Waals surface area contributed by atoms with Crippen molar-refractivity contribution in [1.82, 2.24) is 40.9 Å². The van der Waals surface area contributed by atoms with Gasteiger partial charge in [-0.05, 0) is 190 Å². The van der Waals surface area contributed by atoms with E-state index in [1.54, 1.807) is 121 Å². The van der Waals surface area contributed by atoms with Gasteiger partial charge in [0, 0.05) is 42.9 Å². The summed E-state index contributed by atoms with van der Waals surface area (Å²) in [6.07, 6.45) is -4.62. The van der Waals surface area contributed by atoms with Gasteiger partial charge in [-0.25, -0.2) is 9.59 Å². The topological polar surface area (TPSA) is 408 Å². The van der Waals surface area contributed by atoms with Gasteiger partial charge >= 0.3 is 12.2 Å². The maximum absolute atomic E-state index is 15.8. The minimum absolute atomic E-state index is 0.00536. The third-order valence-electron chi connectivity index (χ3n) is 29.5. The van der Waals surface area contributed by atoms with E-state index >= 15 is 24.0 Å². The molecule has 13 unspecified atom stereocenters. The van der Waals surface area contributed by atoms with Gasteiger partial charge < -0.3 is 69.7 Å². The molecule has 6 aliphatic heterocycles. The number of carbonyl (C=O) groups excluding carboxylic acids is 13. The highest BCUT2D eigenvalue weighted by atomic mass is 16.6. The Morgan fingerprint density at radius 1 is 0.376 bits per heavy atom. The number of hydrogen-bond donors (Lipinski definition) is 7. The number of likely N-dealkylation sites (tertiary alicyclic amines) is 4. The van der Waals surface area contributed by atoms with Crippen LogP contribution in [-0.4, -0.2) is 213 Å². The molecule has 2 bridgehead atoms. The Hall–Kier alpha value is -14.8. The Balaban J connectivity index is 0.537. The number of nitrogens with zero attached hydrogens (tertiary/aromatic N) is 4. The van der Waals surface area contributed by atoms with Crippen molar-refractivity contribution in [3.05, 3.63) is 250 Å². The van der Waals surface area contributed by atoms with Crippen molar-refractivity contribution >= 4 is 142 Å². The Labute approximate surface area is 808 Å². The number of carbonyl (C=O) groups is 13. The van der Waals surface area contributed by atoms with Crippen LogP contribution < -0.4 is 40.2 Å². The number of aldehydes is 1. The van der Waals surface area contributed by atoms with Gasteiger partial charge in [0.1, 0.15) is 60.6 Å². The van der Waals surface area contributed by atoms with Crippen LogP contribution in [0, 0.1) is 54.3 Å². The third kappa shape index (κ3) is 16.4. The molecular weight excluding hydrogens is 1800 g/mol. The predicted octanol–water partition coefficient (Wildman–Crippen LogP) is 11.0. The standard InChI is InChI=1S/C110H104N8O23/c1-54-14-8-22-76(75(54)49-119)135-50-68(47-113-107(133)140-109(2,3)4)116-100(126)73-41-64-19-11-23-77(88(64)97(123)92(73)103(116)129)136-51-66(45-111-82(120)43-61-32-30-59-28-26-55-15-9-17-57-34-36-70(61)86(59)84(55)57)115-99(125)72-40-63-21-13-25-79(90(63)96(122)91(72)102(115)128)138-53-69(48-114-108(134)141-110(5,6)7)117-101(127)74-42-65-20-12-24-78(89(65)98(124)93(74)104(117)130)137-52-67(118-105(131)94-80-38-39-81(139-80)95(94)106(118)132)46-112-83(121)44-62-33-31-60-29-27-56-16-10-18-58-35-37-71(62)87(60)85(56)58/h8-39,49,66-69,72-74,80-81,91-98,122-124H,40-48,50-53H2,1-7H3,(H,111,120)(H,112,121)(H,113,133)(H,114,134)/t66?,67?,68?,69?,72?,73?,74?,80-,81+,91?,92?,93?,94-,95+,96?,97?,98?. The molecule has 0 spiro atoms. The number of aliphatic hydroxyl groups excluding tert-OH is 3. The zero-order valence-corrected chi connectivity index (χ0v) is 78.4. The van der Waals surface area contributed by atoms with E-state index in [0.29, 0.717) is 34.1 Å². The smallest absolute Gasteiger partial charge is 0.407 e. The van der Waals surface area contributed by atoms with Crippen LogP contribution in [0.5, 0.6) is 23.0 Å². The maximum atomic E-state index is 15.8. The van der Waals surface area contributed by atoms with E-state index in [1.165, 1.54) is 12.1 Å². The van der Waals surface area contributed by atoms with E-state index in [-0.39, 0.29) is 103 Å². The number of imide groups is 4. The molecule has 0 radical (unpaired) electrons.